The van der Waals surface area contributed by atoms with E-state index in [0.717, 1.165) is 0 Å². The van der Waals surface area contributed by atoms with Gasteiger partial charge in [0.15, 0.2) is 0 Å². The van der Waals surface area contributed by atoms with E-state index >= 15 is 0 Å². The van der Waals surface area contributed by atoms with Gasteiger partial charge in [-0.2, -0.15) is 0 Å². The summed E-state index contributed by atoms with van der Waals surface area (Å²) >= 11 is 0. The van der Waals surface area contributed by atoms with Crippen LogP contribution in [-0.2, 0) is 0 Å². The molecule has 0 aliphatic rings. The molecule has 206 valence electrons. The Morgan fingerprint density at radius 1 is 0.310 bits per heavy atom. The van der Waals surface area contributed by atoms with E-state index in [1.165, 1.54) is 55.6 Å². The fourth-order valence-electron chi connectivity index (χ4n) is 5.24. The molecule has 42 heavy (non-hydrogen) atoms. The summed E-state index contributed by atoms with van der Waals surface area (Å²) < 4.78 is 0. The van der Waals surface area contributed by atoms with Crippen LogP contribution >= 0.6 is 21.6 Å². The summed E-state index contributed by atoms with van der Waals surface area (Å²) in [4.78, 5) is 0. The molecule has 6 aromatic rings. The van der Waals surface area contributed by atoms with Crippen LogP contribution in [-0.4, -0.2) is 0 Å². The summed E-state index contributed by atoms with van der Waals surface area (Å²) in [6.45, 7) is 4.66. The molecule has 0 heterocycles. The Labute approximate surface area is 258 Å². The first kappa shape index (κ1) is 28.2. The number of rotatable bonds is 9. The van der Waals surface area contributed by atoms with Crippen LogP contribution in [0.2, 0.25) is 0 Å². The van der Waals surface area contributed by atoms with Crippen molar-refractivity contribution in [3.05, 3.63) is 169 Å². The molecule has 0 N–H and O–H groups in total. The van der Waals surface area contributed by atoms with E-state index in [1.54, 1.807) is 0 Å². The first-order valence-electron chi connectivity index (χ1n) is 14.5. The van der Waals surface area contributed by atoms with Crippen LogP contribution in [0.25, 0.3) is 44.5 Å². The second kappa shape index (κ2) is 13.3. The van der Waals surface area contributed by atoms with Gasteiger partial charge in [-0.1, -0.05) is 143 Å². The molecule has 2 atom stereocenters. The van der Waals surface area contributed by atoms with Crippen LogP contribution in [0.5, 0.6) is 0 Å². The standard InChI is InChI=1S/C40H34S2/c1-29(35-23-37(31-15-7-3-8-16-31)27-38(24-35)32-17-9-4-10-18-32)41-42-30(2)36-25-39(33-19-11-5-12-20-33)28-40(26-36)34-21-13-6-14-22-34/h3-30H,1-2H3/t29-,30-/m1/s1. The Hall–Kier alpha value is -3.98. The third-order valence-corrected chi connectivity index (χ3v) is 10.9. The van der Waals surface area contributed by atoms with Gasteiger partial charge in [0.05, 0.1) is 0 Å². The molecular weight excluding hydrogens is 545 g/mol. The molecular formula is C40H34S2. The molecule has 0 aliphatic carbocycles. The van der Waals surface area contributed by atoms with Gasteiger partial charge in [-0.25, -0.2) is 0 Å². The SMILES string of the molecule is C[C@@H](SS[C@H](C)c1cc(-c2ccccc2)cc(-c2ccccc2)c1)c1cc(-c2ccccc2)cc(-c2ccccc2)c1. The lowest BCUT2D eigenvalue weighted by Crippen LogP contribution is -1.94. The minimum Gasteiger partial charge on any atom is -0.0856 e. The van der Waals surface area contributed by atoms with Crippen molar-refractivity contribution >= 4 is 21.6 Å². The summed E-state index contributed by atoms with van der Waals surface area (Å²) in [5.41, 5.74) is 12.8. The summed E-state index contributed by atoms with van der Waals surface area (Å²) in [6.07, 6.45) is 0. The van der Waals surface area contributed by atoms with Crippen molar-refractivity contribution < 1.29 is 0 Å². The Balaban J connectivity index is 1.28. The van der Waals surface area contributed by atoms with E-state index in [2.05, 4.69) is 172 Å². The van der Waals surface area contributed by atoms with E-state index in [0.29, 0.717) is 10.5 Å². The molecule has 0 unspecified atom stereocenters. The van der Waals surface area contributed by atoms with Crippen molar-refractivity contribution in [2.45, 2.75) is 24.3 Å². The van der Waals surface area contributed by atoms with Crippen molar-refractivity contribution in [2.75, 3.05) is 0 Å². The van der Waals surface area contributed by atoms with Crippen LogP contribution in [0.15, 0.2) is 158 Å². The summed E-state index contributed by atoms with van der Waals surface area (Å²) in [7, 11) is 3.92. The van der Waals surface area contributed by atoms with E-state index in [1.807, 2.05) is 21.6 Å². The fraction of sp³-hybridized carbons (Fsp3) is 0.100. The molecule has 2 heteroatoms. The third-order valence-electron chi connectivity index (χ3n) is 7.62. The van der Waals surface area contributed by atoms with Crippen molar-refractivity contribution in [2.24, 2.45) is 0 Å². The maximum absolute atomic E-state index is 2.37. The lowest BCUT2D eigenvalue weighted by Gasteiger charge is -2.19. The van der Waals surface area contributed by atoms with E-state index in [-0.39, 0.29) is 0 Å². The molecule has 0 saturated heterocycles. The maximum atomic E-state index is 2.37. The Kier molecular flexibility index (Phi) is 8.94. The summed E-state index contributed by atoms with van der Waals surface area (Å²) in [6, 6.07) is 57.0. The smallest absolute Gasteiger partial charge is 0.0373 e. The highest BCUT2D eigenvalue weighted by Gasteiger charge is 2.16. The molecule has 0 saturated carbocycles. The van der Waals surface area contributed by atoms with Crippen molar-refractivity contribution in [3.63, 3.8) is 0 Å². The van der Waals surface area contributed by atoms with E-state index in [9.17, 15) is 0 Å². The quantitative estimate of drug-likeness (QED) is 0.157. The minimum atomic E-state index is 0.328. The lowest BCUT2D eigenvalue weighted by molar-refractivity contribution is 1.10. The van der Waals surface area contributed by atoms with Gasteiger partial charge in [0.25, 0.3) is 0 Å². The summed E-state index contributed by atoms with van der Waals surface area (Å²) in [5.74, 6) is 0. The largest absolute Gasteiger partial charge is 0.0856 e. The van der Waals surface area contributed by atoms with Gasteiger partial charge < -0.3 is 0 Å². The van der Waals surface area contributed by atoms with Crippen LogP contribution in [0.3, 0.4) is 0 Å². The lowest BCUT2D eigenvalue weighted by atomic mass is 9.95. The molecule has 0 aromatic heterocycles. The Morgan fingerprint density at radius 2 is 0.548 bits per heavy atom. The molecule has 0 bridgehead atoms. The van der Waals surface area contributed by atoms with Gasteiger partial charge in [0, 0.05) is 10.5 Å². The monoisotopic (exact) mass is 578 g/mol. The number of hydrogen-bond acceptors (Lipinski definition) is 2. The molecule has 0 amide bonds. The number of hydrogen-bond donors (Lipinski definition) is 0. The molecule has 0 aliphatic heterocycles. The van der Waals surface area contributed by atoms with Gasteiger partial charge in [0.2, 0.25) is 0 Å². The average molecular weight is 579 g/mol. The van der Waals surface area contributed by atoms with E-state index < -0.39 is 0 Å². The highest BCUT2D eigenvalue weighted by atomic mass is 33.1. The first-order chi connectivity index (χ1) is 20.6. The minimum absolute atomic E-state index is 0.328. The zero-order valence-corrected chi connectivity index (χ0v) is 25.6. The highest BCUT2D eigenvalue weighted by Crippen LogP contribution is 2.47. The van der Waals surface area contributed by atoms with Gasteiger partial charge in [-0.3, -0.25) is 0 Å². The third kappa shape index (κ3) is 6.73. The molecule has 0 fully saturated rings. The molecule has 0 radical (unpaired) electrons. The van der Waals surface area contributed by atoms with Gasteiger partial charge in [-0.05, 0) is 106 Å². The second-order valence-electron chi connectivity index (χ2n) is 10.6. The normalized spacial score (nSPS) is 12.5. The Morgan fingerprint density at radius 3 is 0.786 bits per heavy atom. The zero-order valence-electron chi connectivity index (χ0n) is 24.0. The van der Waals surface area contributed by atoms with Gasteiger partial charge in [0.1, 0.15) is 0 Å². The van der Waals surface area contributed by atoms with Crippen molar-refractivity contribution in [1.82, 2.24) is 0 Å². The highest BCUT2D eigenvalue weighted by molar-refractivity contribution is 8.76. The second-order valence-corrected chi connectivity index (χ2v) is 13.6. The zero-order chi connectivity index (χ0) is 28.7. The number of benzene rings is 6. The topological polar surface area (TPSA) is 0 Å². The predicted octanol–water partition coefficient (Wildman–Crippen LogP) is 12.6. The maximum Gasteiger partial charge on any atom is 0.0373 e. The van der Waals surface area contributed by atoms with Crippen LogP contribution < -0.4 is 0 Å². The first-order valence-corrected chi connectivity index (χ1v) is 16.8. The van der Waals surface area contributed by atoms with Crippen molar-refractivity contribution in [1.29, 1.82) is 0 Å². The molecule has 0 spiro atoms. The fourth-order valence-corrected chi connectivity index (χ4v) is 7.73. The summed E-state index contributed by atoms with van der Waals surface area (Å²) in [5, 5.41) is 0.656. The Bertz CT molecular complexity index is 1480. The van der Waals surface area contributed by atoms with Crippen LogP contribution in [0.1, 0.15) is 35.5 Å². The van der Waals surface area contributed by atoms with Crippen LogP contribution in [0, 0.1) is 0 Å². The van der Waals surface area contributed by atoms with E-state index in [4.69, 9.17) is 0 Å². The van der Waals surface area contributed by atoms with Crippen LogP contribution in [0.4, 0.5) is 0 Å². The average Bonchev–Trinajstić information content (AvgIpc) is 3.08. The van der Waals surface area contributed by atoms with Crippen molar-refractivity contribution in [3.8, 4) is 44.5 Å². The van der Waals surface area contributed by atoms with Gasteiger partial charge in [-0.15, -0.1) is 0 Å². The molecule has 6 rings (SSSR count). The molecule has 0 nitrogen and oxygen atoms in total. The predicted molar refractivity (Wildman–Crippen MR) is 187 cm³/mol. The van der Waals surface area contributed by atoms with Gasteiger partial charge >= 0.3 is 0 Å². The molecule has 6 aromatic carbocycles.